The number of hydrogen-bond donors (Lipinski definition) is 1. The number of thiophene rings is 1. The molecule has 3 saturated heterocycles. The standard InChI is InChI=1S/C18H32N4O2S2/c1-20(2)8-9-21(3)13-16-14-22-7-6-15(16)11-17(22)12-19-26(23,24)18-5-4-10-25-18/h4-5,10,15-17,19H,6-9,11-14H2,1-3H3. The van der Waals surface area contributed by atoms with E-state index in [-0.39, 0.29) is 0 Å². The fraction of sp³-hybridized carbons (Fsp3) is 0.778. The third-order valence-corrected chi connectivity index (χ3v) is 8.58. The molecule has 2 bridgehead atoms. The molecule has 6 nitrogen and oxygen atoms in total. The Labute approximate surface area is 162 Å². The maximum atomic E-state index is 12.3. The molecule has 3 fully saturated rings. The average Bonchev–Trinajstić information content (AvgIpc) is 3.15. The van der Waals surface area contributed by atoms with Gasteiger partial charge in [0.05, 0.1) is 0 Å². The van der Waals surface area contributed by atoms with Crippen LogP contribution in [0.15, 0.2) is 21.7 Å². The van der Waals surface area contributed by atoms with Gasteiger partial charge in [-0.1, -0.05) is 6.07 Å². The highest BCUT2D eigenvalue weighted by atomic mass is 32.2. The van der Waals surface area contributed by atoms with Crippen LogP contribution in [-0.2, 0) is 10.0 Å². The van der Waals surface area contributed by atoms with Gasteiger partial charge in [-0.05, 0) is 63.8 Å². The Balaban J connectivity index is 1.49. The molecule has 4 rings (SSSR count). The van der Waals surface area contributed by atoms with E-state index in [0.29, 0.717) is 22.7 Å². The second kappa shape index (κ2) is 8.67. The Bertz CT molecular complexity index is 663. The number of nitrogens with one attached hydrogen (secondary N) is 1. The minimum absolute atomic E-state index is 0.340. The van der Waals surface area contributed by atoms with Gasteiger partial charge in [-0.3, -0.25) is 4.90 Å². The monoisotopic (exact) mass is 400 g/mol. The lowest BCUT2D eigenvalue weighted by atomic mass is 9.75. The van der Waals surface area contributed by atoms with Gasteiger partial charge in [-0.15, -0.1) is 11.3 Å². The van der Waals surface area contributed by atoms with Crippen LogP contribution >= 0.6 is 11.3 Å². The summed E-state index contributed by atoms with van der Waals surface area (Å²) >= 11 is 1.27. The quantitative estimate of drug-likeness (QED) is 0.676. The lowest BCUT2D eigenvalue weighted by Crippen LogP contribution is -2.58. The highest BCUT2D eigenvalue weighted by molar-refractivity contribution is 7.91. The van der Waals surface area contributed by atoms with Crippen LogP contribution in [-0.4, -0.2) is 89.6 Å². The average molecular weight is 401 g/mol. The fourth-order valence-corrected chi connectivity index (χ4v) is 6.33. The second-order valence-corrected chi connectivity index (χ2v) is 11.0. The van der Waals surface area contributed by atoms with Gasteiger partial charge in [0.15, 0.2) is 0 Å². The molecule has 1 N–H and O–H groups in total. The van der Waals surface area contributed by atoms with Gasteiger partial charge >= 0.3 is 0 Å². The second-order valence-electron chi connectivity index (χ2n) is 8.04. The summed E-state index contributed by atoms with van der Waals surface area (Å²) in [6, 6.07) is 3.79. The van der Waals surface area contributed by atoms with Crippen molar-refractivity contribution in [2.24, 2.45) is 11.8 Å². The van der Waals surface area contributed by atoms with Crippen molar-refractivity contribution < 1.29 is 8.42 Å². The number of fused-ring (bicyclic) bond motifs is 3. The first-order valence-corrected chi connectivity index (χ1v) is 11.8. The van der Waals surface area contributed by atoms with Crippen molar-refractivity contribution in [1.82, 2.24) is 19.4 Å². The summed E-state index contributed by atoms with van der Waals surface area (Å²) in [5, 5.41) is 1.80. The van der Waals surface area contributed by atoms with E-state index in [4.69, 9.17) is 0 Å². The van der Waals surface area contributed by atoms with Crippen molar-refractivity contribution in [3.05, 3.63) is 17.5 Å². The Hall–Kier alpha value is -0.510. The van der Waals surface area contributed by atoms with Crippen molar-refractivity contribution in [2.45, 2.75) is 23.1 Å². The maximum absolute atomic E-state index is 12.3. The number of piperidine rings is 3. The molecule has 8 heteroatoms. The molecule has 1 aromatic rings. The number of likely N-dealkylation sites (N-methyl/N-ethyl adjacent to an activating group) is 2. The minimum Gasteiger partial charge on any atom is -0.308 e. The predicted molar refractivity (Wildman–Crippen MR) is 107 cm³/mol. The first-order valence-electron chi connectivity index (χ1n) is 9.45. The Morgan fingerprint density at radius 3 is 2.73 bits per heavy atom. The van der Waals surface area contributed by atoms with E-state index in [9.17, 15) is 8.42 Å². The molecule has 26 heavy (non-hydrogen) atoms. The van der Waals surface area contributed by atoms with E-state index < -0.39 is 10.0 Å². The number of hydrogen-bond acceptors (Lipinski definition) is 6. The maximum Gasteiger partial charge on any atom is 0.250 e. The molecular weight excluding hydrogens is 368 g/mol. The van der Waals surface area contributed by atoms with Gasteiger partial charge < -0.3 is 9.80 Å². The smallest absolute Gasteiger partial charge is 0.250 e. The van der Waals surface area contributed by atoms with Crippen LogP contribution in [0.2, 0.25) is 0 Å². The molecule has 4 unspecified atom stereocenters. The van der Waals surface area contributed by atoms with Gasteiger partial charge in [0.25, 0.3) is 0 Å². The van der Waals surface area contributed by atoms with Gasteiger partial charge in [0.2, 0.25) is 10.0 Å². The summed E-state index contributed by atoms with van der Waals surface area (Å²) in [6.45, 7) is 6.06. The molecule has 0 aromatic carbocycles. The number of sulfonamides is 1. The number of rotatable bonds is 9. The summed E-state index contributed by atoms with van der Waals surface area (Å²) < 4.78 is 27.9. The van der Waals surface area contributed by atoms with Gasteiger partial charge in [-0.2, -0.15) is 0 Å². The summed E-state index contributed by atoms with van der Waals surface area (Å²) in [4.78, 5) is 7.17. The molecule has 0 aliphatic carbocycles. The van der Waals surface area contributed by atoms with Crippen LogP contribution < -0.4 is 4.72 Å². The third-order valence-electron chi connectivity index (χ3n) is 5.76. The Morgan fingerprint density at radius 2 is 2.12 bits per heavy atom. The zero-order valence-corrected chi connectivity index (χ0v) is 17.7. The van der Waals surface area contributed by atoms with Crippen molar-refractivity contribution in [1.29, 1.82) is 0 Å². The summed E-state index contributed by atoms with van der Waals surface area (Å²) in [5.74, 6) is 1.43. The zero-order chi connectivity index (χ0) is 18.7. The van der Waals surface area contributed by atoms with Gasteiger partial charge in [-0.25, -0.2) is 13.1 Å². The molecule has 1 aromatic heterocycles. The van der Waals surface area contributed by atoms with Crippen molar-refractivity contribution >= 4 is 21.4 Å². The first kappa shape index (κ1) is 20.2. The molecule has 148 valence electrons. The van der Waals surface area contributed by atoms with Crippen LogP contribution in [0.3, 0.4) is 0 Å². The van der Waals surface area contributed by atoms with Crippen molar-refractivity contribution in [2.75, 3.05) is 60.4 Å². The summed E-state index contributed by atoms with van der Waals surface area (Å²) in [7, 11) is 3.09. The van der Waals surface area contributed by atoms with Gasteiger partial charge in [0, 0.05) is 38.8 Å². The zero-order valence-electron chi connectivity index (χ0n) is 16.1. The SMILES string of the molecule is CN(C)CCN(C)CC1CN2CCC1CC2CNS(=O)(=O)c1cccs1. The van der Waals surface area contributed by atoms with Crippen LogP contribution in [0.4, 0.5) is 0 Å². The molecule has 3 aliphatic rings. The van der Waals surface area contributed by atoms with E-state index in [1.165, 1.54) is 17.8 Å². The van der Waals surface area contributed by atoms with E-state index in [0.717, 1.165) is 45.1 Å². The summed E-state index contributed by atoms with van der Waals surface area (Å²) in [5.41, 5.74) is 0. The molecule has 4 atom stereocenters. The summed E-state index contributed by atoms with van der Waals surface area (Å²) in [6.07, 6.45) is 2.36. The van der Waals surface area contributed by atoms with Crippen molar-refractivity contribution in [3.63, 3.8) is 0 Å². The van der Waals surface area contributed by atoms with E-state index in [1.807, 2.05) is 0 Å². The van der Waals surface area contributed by atoms with Crippen LogP contribution in [0.5, 0.6) is 0 Å². The topological polar surface area (TPSA) is 55.9 Å². The molecule has 0 spiro atoms. The Morgan fingerprint density at radius 1 is 1.31 bits per heavy atom. The molecule has 0 saturated carbocycles. The molecule has 4 heterocycles. The molecular formula is C18H32N4O2S2. The van der Waals surface area contributed by atoms with Crippen LogP contribution in [0, 0.1) is 11.8 Å². The van der Waals surface area contributed by atoms with Crippen LogP contribution in [0.25, 0.3) is 0 Å². The lowest BCUT2D eigenvalue weighted by molar-refractivity contribution is -0.00782. The van der Waals surface area contributed by atoms with Crippen LogP contribution in [0.1, 0.15) is 12.8 Å². The Kier molecular flexibility index (Phi) is 6.74. The molecule has 3 aliphatic heterocycles. The lowest BCUT2D eigenvalue weighted by Gasteiger charge is -2.50. The fourth-order valence-electron chi connectivity index (χ4n) is 4.22. The van der Waals surface area contributed by atoms with E-state index in [2.05, 4.69) is 40.6 Å². The number of nitrogens with zero attached hydrogens (tertiary/aromatic N) is 3. The normalized spacial score (nSPS) is 29.0. The molecule has 0 amide bonds. The first-order chi connectivity index (χ1) is 12.3. The molecule has 0 radical (unpaired) electrons. The predicted octanol–water partition coefficient (Wildman–Crippen LogP) is 1.23. The van der Waals surface area contributed by atoms with E-state index >= 15 is 0 Å². The van der Waals surface area contributed by atoms with E-state index in [1.54, 1.807) is 17.5 Å². The highest BCUT2D eigenvalue weighted by Gasteiger charge is 2.40. The largest absolute Gasteiger partial charge is 0.308 e. The van der Waals surface area contributed by atoms with Gasteiger partial charge in [0.1, 0.15) is 4.21 Å². The van der Waals surface area contributed by atoms with Crippen molar-refractivity contribution in [3.8, 4) is 0 Å². The third kappa shape index (κ3) is 5.05. The highest BCUT2D eigenvalue weighted by Crippen LogP contribution is 2.36. The minimum atomic E-state index is -3.35.